The first-order chi connectivity index (χ1) is 18.7. The van der Waals surface area contributed by atoms with E-state index in [-0.39, 0.29) is 41.4 Å². The van der Waals surface area contributed by atoms with Crippen LogP contribution in [0.25, 0.3) is 16.7 Å². The van der Waals surface area contributed by atoms with Crippen molar-refractivity contribution in [1.82, 2.24) is 38.9 Å². The predicted octanol–water partition coefficient (Wildman–Crippen LogP) is 3.39. The molecule has 0 spiro atoms. The van der Waals surface area contributed by atoms with Gasteiger partial charge in [0, 0.05) is 32.6 Å². The lowest BCUT2D eigenvalue weighted by atomic mass is 10.2. The zero-order chi connectivity index (χ0) is 27.5. The van der Waals surface area contributed by atoms with Gasteiger partial charge in [0.05, 0.1) is 25.6 Å². The van der Waals surface area contributed by atoms with Gasteiger partial charge in [-0.1, -0.05) is 11.6 Å². The third-order valence-corrected chi connectivity index (χ3v) is 6.63. The molecule has 5 aromatic rings. The molecule has 0 radical (unpaired) electrons. The highest BCUT2D eigenvalue weighted by atomic mass is 35.5. The van der Waals surface area contributed by atoms with Gasteiger partial charge in [-0.15, -0.1) is 0 Å². The highest BCUT2D eigenvalue weighted by molar-refractivity contribution is 6.36. The van der Waals surface area contributed by atoms with E-state index in [1.807, 2.05) is 0 Å². The molecule has 5 aromatic heterocycles. The maximum Gasteiger partial charge on any atom is 0.433 e. The number of aliphatic hydroxyl groups is 1. The van der Waals surface area contributed by atoms with Crippen LogP contribution in [-0.2, 0) is 18.0 Å². The van der Waals surface area contributed by atoms with Crippen molar-refractivity contribution in [1.29, 1.82) is 0 Å². The van der Waals surface area contributed by atoms with Crippen LogP contribution in [0.4, 0.5) is 30.8 Å². The van der Waals surface area contributed by atoms with E-state index >= 15 is 0 Å². The van der Waals surface area contributed by atoms with Gasteiger partial charge in [-0.05, 0) is 0 Å². The average molecular weight is 565 g/mol. The van der Waals surface area contributed by atoms with Gasteiger partial charge in [-0.3, -0.25) is 4.68 Å². The van der Waals surface area contributed by atoms with Crippen molar-refractivity contribution in [2.45, 2.75) is 18.3 Å². The fourth-order valence-electron chi connectivity index (χ4n) is 4.39. The van der Waals surface area contributed by atoms with E-state index in [0.29, 0.717) is 22.6 Å². The molecule has 0 bridgehead atoms. The molecule has 6 heterocycles. The summed E-state index contributed by atoms with van der Waals surface area (Å²) in [7, 11) is 3.33. The number of nitrogens with zero attached hydrogens (tertiary/aromatic N) is 8. The van der Waals surface area contributed by atoms with E-state index in [4.69, 9.17) is 21.1 Å². The lowest BCUT2D eigenvalue weighted by Crippen LogP contribution is -2.27. The van der Waals surface area contributed by atoms with E-state index in [1.54, 1.807) is 31.0 Å². The minimum atomic E-state index is -4.71. The summed E-state index contributed by atoms with van der Waals surface area (Å²) in [6, 6.07) is -0.140. The smallest absolute Gasteiger partial charge is 0.433 e. The molecule has 1 fully saturated rings. The topological polar surface area (TPSA) is 141 Å². The molecule has 0 aliphatic carbocycles. The number of halogens is 4. The normalized spacial score (nSPS) is 17.8. The number of aliphatic hydroxyl groups excluding tert-OH is 1. The molecule has 2 atom stereocenters. The number of anilines is 3. The number of aryl methyl sites for hydroxylation is 1. The second-order valence-corrected chi connectivity index (χ2v) is 9.07. The molecular formula is C22H20ClF3N10O3. The molecule has 6 rings (SSSR count). The minimum absolute atomic E-state index is 0.0774. The summed E-state index contributed by atoms with van der Waals surface area (Å²) < 4.78 is 56.2. The monoisotopic (exact) mass is 564 g/mol. The van der Waals surface area contributed by atoms with Gasteiger partial charge >= 0.3 is 6.18 Å². The second kappa shape index (κ2) is 9.25. The van der Waals surface area contributed by atoms with Gasteiger partial charge in [0.2, 0.25) is 5.95 Å². The Hall–Kier alpha value is -4.15. The molecule has 0 aromatic carbocycles. The number of aromatic nitrogens is 8. The summed E-state index contributed by atoms with van der Waals surface area (Å²) in [6.07, 6.45) is 0.318. The van der Waals surface area contributed by atoms with Crippen LogP contribution < -0.4 is 15.4 Å². The van der Waals surface area contributed by atoms with Gasteiger partial charge in [0.25, 0.3) is 0 Å². The van der Waals surface area contributed by atoms with Crippen molar-refractivity contribution in [2.75, 3.05) is 30.9 Å². The van der Waals surface area contributed by atoms with Gasteiger partial charge in [0.1, 0.15) is 28.4 Å². The molecule has 1 aliphatic rings. The summed E-state index contributed by atoms with van der Waals surface area (Å²) >= 11 is 6.67. The van der Waals surface area contributed by atoms with Gasteiger partial charge < -0.3 is 29.8 Å². The number of hydrogen-bond acceptors (Lipinski definition) is 10. The van der Waals surface area contributed by atoms with Crippen molar-refractivity contribution < 1.29 is 27.8 Å². The van der Waals surface area contributed by atoms with Gasteiger partial charge in [-0.25, -0.2) is 14.5 Å². The van der Waals surface area contributed by atoms with Crippen LogP contribution >= 0.6 is 11.6 Å². The summed E-state index contributed by atoms with van der Waals surface area (Å²) in [4.78, 5) is 12.9. The van der Waals surface area contributed by atoms with E-state index in [9.17, 15) is 18.3 Å². The molecule has 0 saturated carbocycles. The van der Waals surface area contributed by atoms with Crippen molar-refractivity contribution in [3.05, 3.63) is 41.6 Å². The van der Waals surface area contributed by atoms with E-state index in [1.165, 1.54) is 17.0 Å². The molecule has 13 nitrogen and oxygen atoms in total. The highest BCUT2D eigenvalue weighted by Gasteiger charge is 2.41. The Morgan fingerprint density at radius 3 is 2.72 bits per heavy atom. The maximum absolute atomic E-state index is 13.7. The van der Waals surface area contributed by atoms with Crippen LogP contribution in [0.15, 0.2) is 30.9 Å². The second-order valence-electron chi connectivity index (χ2n) is 8.69. The van der Waals surface area contributed by atoms with Crippen molar-refractivity contribution in [2.24, 2.45) is 7.05 Å². The molecule has 17 heteroatoms. The Balaban J connectivity index is 1.34. The number of rotatable bonds is 6. The zero-order valence-electron chi connectivity index (χ0n) is 20.3. The summed E-state index contributed by atoms with van der Waals surface area (Å²) in [5.41, 5.74) is 0.145. The summed E-state index contributed by atoms with van der Waals surface area (Å²) in [5.74, 6) is 1.12. The first kappa shape index (κ1) is 25.1. The number of hydrogen-bond donors (Lipinski definition) is 3. The third-order valence-electron chi connectivity index (χ3n) is 6.26. The van der Waals surface area contributed by atoms with Crippen molar-refractivity contribution in [3.63, 3.8) is 0 Å². The van der Waals surface area contributed by atoms with Crippen LogP contribution in [0.2, 0.25) is 5.02 Å². The quantitative estimate of drug-likeness (QED) is 0.281. The van der Waals surface area contributed by atoms with Crippen molar-refractivity contribution >= 4 is 45.9 Å². The van der Waals surface area contributed by atoms with E-state index in [0.717, 1.165) is 10.7 Å². The minimum Gasteiger partial charge on any atom is -0.450 e. The van der Waals surface area contributed by atoms with Crippen LogP contribution in [0.5, 0.6) is 11.5 Å². The lowest BCUT2D eigenvalue weighted by molar-refractivity contribution is -0.145. The Labute approximate surface area is 222 Å². The number of nitrogens with one attached hydrogen (secondary N) is 2. The van der Waals surface area contributed by atoms with Crippen LogP contribution in [0, 0.1) is 0 Å². The van der Waals surface area contributed by atoms with E-state index in [2.05, 4.69) is 35.8 Å². The first-order valence-electron chi connectivity index (χ1n) is 11.5. The van der Waals surface area contributed by atoms with Crippen LogP contribution in [0.1, 0.15) is 11.7 Å². The number of alkyl halides is 3. The standard InChI is InChI=1S/C22H20ClF3N10O3/c1-27-19-17-13(7-30-35(17)4-3-28-19)39-12-6-29-20-18(16(12)23)34(2)21(32-20)31-15-5-14(22(24,25)26)36(33-15)10-8-38-9-11(10)37/h3-7,10-11,37H,8-9H2,1-2H3,(H,27,28)(H,29,31,32,33)/t10-,11-/m0/s1. The average Bonchev–Trinajstić information content (AvgIpc) is 3.67. The first-order valence-corrected chi connectivity index (χ1v) is 11.9. The third kappa shape index (κ3) is 4.25. The van der Waals surface area contributed by atoms with Crippen molar-refractivity contribution in [3.8, 4) is 11.5 Å². The number of imidazole rings is 1. The van der Waals surface area contributed by atoms with Crippen LogP contribution in [0.3, 0.4) is 0 Å². The molecular weight excluding hydrogens is 545 g/mol. The number of pyridine rings is 1. The fraction of sp³-hybridized carbons (Fsp3) is 0.318. The predicted molar refractivity (Wildman–Crippen MR) is 133 cm³/mol. The largest absolute Gasteiger partial charge is 0.450 e. The number of ether oxygens (including phenoxy) is 2. The maximum atomic E-state index is 13.7. The fourth-order valence-corrected chi connectivity index (χ4v) is 4.69. The number of fused-ring (bicyclic) bond motifs is 2. The molecule has 1 aliphatic heterocycles. The van der Waals surface area contributed by atoms with Crippen LogP contribution in [-0.4, -0.2) is 70.4 Å². The Morgan fingerprint density at radius 2 is 2.00 bits per heavy atom. The Bertz CT molecular complexity index is 1700. The summed E-state index contributed by atoms with van der Waals surface area (Å²) in [5, 5.41) is 24.3. The molecule has 1 saturated heterocycles. The Kier molecular flexibility index (Phi) is 5.96. The Morgan fingerprint density at radius 1 is 1.18 bits per heavy atom. The molecule has 204 valence electrons. The molecule has 39 heavy (non-hydrogen) atoms. The SMILES string of the molecule is CNc1nccn2ncc(Oc3cnc4nc(Nc5cc(C(F)(F)F)n([C@H]6COC[C@@H]6O)n5)n(C)c4c3Cl)c12. The molecule has 3 N–H and O–H groups in total. The van der Waals surface area contributed by atoms with Gasteiger partial charge in [-0.2, -0.15) is 28.4 Å². The van der Waals surface area contributed by atoms with E-state index < -0.39 is 24.0 Å². The molecule has 0 unspecified atom stereocenters. The lowest BCUT2D eigenvalue weighted by Gasteiger charge is -2.17. The highest BCUT2D eigenvalue weighted by Crippen LogP contribution is 2.39. The van der Waals surface area contributed by atoms with Gasteiger partial charge in [0.15, 0.2) is 34.3 Å². The molecule has 0 amide bonds. The summed E-state index contributed by atoms with van der Waals surface area (Å²) in [6.45, 7) is -0.176. The zero-order valence-corrected chi connectivity index (χ0v) is 21.1.